The highest BCUT2D eigenvalue weighted by Crippen LogP contribution is 2.29. The van der Waals surface area contributed by atoms with Gasteiger partial charge in [0.2, 0.25) is 0 Å². The van der Waals surface area contributed by atoms with E-state index in [4.69, 9.17) is 5.73 Å². The third-order valence-electron chi connectivity index (χ3n) is 2.03. The average molecular weight is 256 g/mol. The molecule has 74 valence electrons. The highest BCUT2D eigenvalue weighted by atomic mass is 79.9. The van der Waals surface area contributed by atoms with E-state index >= 15 is 0 Å². The monoisotopic (exact) mass is 255 g/mol. The molecule has 0 spiro atoms. The topological polar surface area (TPSA) is 64.1 Å². The number of hydrogen-bond acceptors (Lipinski definition) is 3. The summed E-state index contributed by atoms with van der Waals surface area (Å²) in [7, 11) is 0. The first-order valence-electron chi connectivity index (χ1n) is 4.28. The zero-order valence-electron chi connectivity index (χ0n) is 7.44. The second kappa shape index (κ2) is 3.59. The fourth-order valence-electron chi connectivity index (χ4n) is 1.38. The van der Waals surface area contributed by atoms with Gasteiger partial charge in [0.25, 0.3) is 0 Å². The van der Waals surface area contributed by atoms with Crippen LogP contribution in [0.4, 0.5) is 0 Å². The molecule has 1 aromatic heterocycles. The van der Waals surface area contributed by atoms with E-state index in [1.54, 1.807) is 16.8 Å². The van der Waals surface area contributed by atoms with Gasteiger partial charge in [0, 0.05) is 11.9 Å². The summed E-state index contributed by atoms with van der Waals surface area (Å²) >= 11 is 3.42. The Labute approximate surface area is 89.5 Å². The van der Waals surface area contributed by atoms with Crippen LogP contribution < -0.4 is 5.73 Å². The predicted octanol–water partition coefficient (Wildman–Crippen LogP) is 1.46. The Balaban J connectivity index is 2.67. The van der Waals surface area contributed by atoms with Crippen LogP contribution >= 0.6 is 15.9 Å². The molecule has 0 aliphatic heterocycles. The number of benzene rings is 1. The van der Waals surface area contributed by atoms with Crippen LogP contribution in [-0.4, -0.2) is 21.4 Å². The molecule has 5 heteroatoms. The molecule has 0 amide bonds. The molecule has 0 unspecified atom stereocenters. The SMILES string of the molecule is NCCn1nc2c(O)cccc2c1Br. The number of aromatic hydroxyl groups is 1. The summed E-state index contributed by atoms with van der Waals surface area (Å²) in [6.45, 7) is 1.15. The zero-order chi connectivity index (χ0) is 10.1. The Bertz CT molecular complexity index is 466. The van der Waals surface area contributed by atoms with Gasteiger partial charge < -0.3 is 10.8 Å². The van der Waals surface area contributed by atoms with Crippen molar-refractivity contribution in [3.8, 4) is 5.75 Å². The van der Waals surface area contributed by atoms with Gasteiger partial charge >= 0.3 is 0 Å². The molecule has 2 aromatic rings. The van der Waals surface area contributed by atoms with Crippen LogP contribution in [0.1, 0.15) is 0 Å². The minimum Gasteiger partial charge on any atom is -0.506 e. The van der Waals surface area contributed by atoms with E-state index in [0.717, 1.165) is 9.99 Å². The molecule has 0 fully saturated rings. The molecule has 0 radical (unpaired) electrons. The highest BCUT2D eigenvalue weighted by Gasteiger charge is 2.10. The van der Waals surface area contributed by atoms with Crippen molar-refractivity contribution < 1.29 is 5.11 Å². The molecule has 0 saturated carbocycles. The second-order valence-electron chi connectivity index (χ2n) is 2.98. The van der Waals surface area contributed by atoms with Gasteiger partial charge in [-0.15, -0.1) is 0 Å². The van der Waals surface area contributed by atoms with Crippen LogP contribution in [-0.2, 0) is 6.54 Å². The van der Waals surface area contributed by atoms with E-state index in [0.29, 0.717) is 18.6 Å². The summed E-state index contributed by atoms with van der Waals surface area (Å²) in [6.07, 6.45) is 0. The lowest BCUT2D eigenvalue weighted by atomic mass is 10.2. The molecule has 0 saturated heterocycles. The largest absolute Gasteiger partial charge is 0.506 e. The van der Waals surface area contributed by atoms with Gasteiger partial charge in [-0.25, -0.2) is 0 Å². The van der Waals surface area contributed by atoms with Crippen molar-refractivity contribution in [1.29, 1.82) is 0 Å². The second-order valence-corrected chi connectivity index (χ2v) is 3.73. The van der Waals surface area contributed by atoms with E-state index in [9.17, 15) is 5.11 Å². The first kappa shape index (κ1) is 9.48. The molecular weight excluding hydrogens is 246 g/mol. The summed E-state index contributed by atoms with van der Waals surface area (Å²) in [5.74, 6) is 0.193. The molecule has 2 rings (SSSR count). The van der Waals surface area contributed by atoms with Crippen molar-refractivity contribution in [3.05, 3.63) is 22.8 Å². The van der Waals surface area contributed by atoms with Crippen molar-refractivity contribution in [2.75, 3.05) is 6.54 Å². The van der Waals surface area contributed by atoms with Crippen molar-refractivity contribution in [2.45, 2.75) is 6.54 Å². The summed E-state index contributed by atoms with van der Waals surface area (Å²) in [4.78, 5) is 0. The van der Waals surface area contributed by atoms with E-state index in [2.05, 4.69) is 21.0 Å². The highest BCUT2D eigenvalue weighted by molar-refractivity contribution is 9.10. The standard InChI is InChI=1S/C9H10BrN3O/c10-9-6-2-1-3-7(14)8(6)12-13(9)5-4-11/h1-3,14H,4-5,11H2. The number of nitrogens with zero attached hydrogens (tertiary/aromatic N) is 2. The Morgan fingerprint density at radius 2 is 2.29 bits per heavy atom. The summed E-state index contributed by atoms with van der Waals surface area (Å²) in [5.41, 5.74) is 6.05. The third kappa shape index (κ3) is 1.38. The first-order chi connectivity index (χ1) is 6.74. The molecule has 14 heavy (non-hydrogen) atoms. The van der Waals surface area contributed by atoms with Crippen LogP contribution in [0.25, 0.3) is 10.9 Å². The fourth-order valence-corrected chi connectivity index (χ4v) is 1.95. The molecular formula is C9H10BrN3O. The van der Waals surface area contributed by atoms with Crippen molar-refractivity contribution in [2.24, 2.45) is 5.73 Å². The zero-order valence-corrected chi connectivity index (χ0v) is 9.03. The number of halogens is 1. The minimum atomic E-state index is 0.193. The number of fused-ring (bicyclic) bond motifs is 1. The molecule has 3 N–H and O–H groups in total. The molecule has 0 atom stereocenters. The summed E-state index contributed by atoms with van der Waals surface area (Å²) in [5, 5.41) is 14.7. The van der Waals surface area contributed by atoms with E-state index in [1.807, 2.05) is 6.07 Å². The quantitative estimate of drug-likeness (QED) is 0.855. The van der Waals surface area contributed by atoms with Crippen LogP contribution in [0.2, 0.25) is 0 Å². The van der Waals surface area contributed by atoms with Crippen LogP contribution in [0.3, 0.4) is 0 Å². The Kier molecular flexibility index (Phi) is 2.43. The van der Waals surface area contributed by atoms with Gasteiger partial charge in [0.15, 0.2) is 0 Å². The Morgan fingerprint density at radius 1 is 1.50 bits per heavy atom. The molecule has 1 heterocycles. The average Bonchev–Trinajstić information content (AvgIpc) is 2.48. The number of phenolic OH excluding ortho intramolecular Hbond substituents is 1. The maximum absolute atomic E-state index is 9.55. The van der Waals surface area contributed by atoms with E-state index in [1.165, 1.54) is 0 Å². The van der Waals surface area contributed by atoms with Gasteiger partial charge in [0.1, 0.15) is 15.9 Å². The Morgan fingerprint density at radius 3 is 2.93 bits per heavy atom. The number of nitrogens with two attached hydrogens (primary N) is 1. The third-order valence-corrected chi connectivity index (χ3v) is 2.86. The lowest BCUT2D eigenvalue weighted by Gasteiger charge is -1.97. The normalized spacial score (nSPS) is 11.0. The van der Waals surface area contributed by atoms with Crippen molar-refractivity contribution in [1.82, 2.24) is 9.78 Å². The van der Waals surface area contributed by atoms with Crippen LogP contribution in [0, 0.1) is 0 Å². The number of rotatable bonds is 2. The van der Waals surface area contributed by atoms with Gasteiger partial charge in [-0.1, -0.05) is 6.07 Å². The summed E-state index contributed by atoms with van der Waals surface area (Å²) < 4.78 is 2.60. The lowest BCUT2D eigenvalue weighted by molar-refractivity contribution is 0.479. The number of phenols is 1. The molecule has 0 aliphatic carbocycles. The van der Waals surface area contributed by atoms with Crippen molar-refractivity contribution in [3.63, 3.8) is 0 Å². The van der Waals surface area contributed by atoms with Crippen LogP contribution in [0.15, 0.2) is 22.8 Å². The fraction of sp³-hybridized carbons (Fsp3) is 0.222. The van der Waals surface area contributed by atoms with Gasteiger partial charge in [-0.05, 0) is 28.1 Å². The molecule has 0 bridgehead atoms. The number of hydrogen-bond donors (Lipinski definition) is 2. The first-order valence-corrected chi connectivity index (χ1v) is 5.07. The minimum absolute atomic E-state index is 0.193. The predicted molar refractivity (Wildman–Crippen MR) is 58.2 cm³/mol. The Hall–Kier alpha value is -1.07. The lowest BCUT2D eigenvalue weighted by Crippen LogP contribution is -2.10. The van der Waals surface area contributed by atoms with Gasteiger partial charge in [-0.3, -0.25) is 4.68 Å². The summed E-state index contributed by atoms with van der Waals surface area (Å²) in [6, 6.07) is 5.31. The van der Waals surface area contributed by atoms with Gasteiger partial charge in [0.05, 0.1) is 6.54 Å². The van der Waals surface area contributed by atoms with Crippen molar-refractivity contribution >= 4 is 26.8 Å². The molecule has 4 nitrogen and oxygen atoms in total. The molecule has 0 aliphatic rings. The molecule has 1 aromatic carbocycles. The number of aromatic nitrogens is 2. The van der Waals surface area contributed by atoms with Gasteiger partial charge in [-0.2, -0.15) is 5.10 Å². The smallest absolute Gasteiger partial charge is 0.143 e. The maximum atomic E-state index is 9.55. The van der Waals surface area contributed by atoms with E-state index < -0.39 is 0 Å². The maximum Gasteiger partial charge on any atom is 0.143 e. The van der Waals surface area contributed by atoms with Crippen LogP contribution in [0.5, 0.6) is 5.75 Å². The van der Waals surface area contributed by atoms with E-state index in [-0.39, 0.29) is 5.75 Å².